The van der Waals surface area contributed by atoms with Crippen LogP contribution in [0, 0.1) is 0 Å². The number of aliphatic hydroxyl groups is 1. The molecule has 0 radical (unpaired) electrons. The Labute approximate surface area is 168 Å². The molecule has 3 heterocycles. The summed E-state index contributed by atoms with van der Waals surface area (Å²) in [7, 11) is 0. The van der Waals surface area contributed by atoms with Crippen molar-refractivity contribution in [3.63, 3.8) is 0 Å². The number of pyridine rings is 2. The van der Waals surface area contributed by atoms with E-state index in [1.54, 1.807) is 24.8 Å². The van der Waals surface area contributed by atoms with Gasteiger partial charge in [0.1, 0.15) is 5.60 Å². The lowest BCUT2D eigenvalue weighted by Gasteiger charge is -2.42. The molecule has 3 aromatic rings. The van der Waals surface area contributed by atoms with Crippen molar-refractivity contribution in [2.24, 2.45) is 0 Å². The summed E-state index contributed by atoms with van der Waals surface area (Å²) in [5.74, 6) is 0. The van der Waals surface area contributed by atoms with E-state index >= 15 is 0 Å². The van der Waals surface area contributed by atoms with Gasteiger partial charge in [0.2, 0.25) is 0 Å². The van der Waals surface area contributed by atoms with E-state index in [2.05, 4.69) is 36.9 Å². The minimum absolute atomic E-state index is 0.246. The smallest absolute Gasteiger partial charge is 0.137 e. The number of halogens is 1. The van der Waals surface area contributed by atoms with Crippen molar-refractivity contribution < 1.29 is 5.11 Å². The fourth-order valence-corrected chi connectivity index (χ4v) is 4.54. The van der Waals surface area contributed by atoms with E-state index in [1.165, 1.54) is 0 Å². The molecule has 2 aromatic heterocycles. The number of benzene rings is 1. The maximum absolute atomic E-state index is 12.3. The van der Waals surface area contributed by atoms with Crippen LogP contribution in [0.5, 0.6) is 0 Å². The summed E-state index contributed by atoms with van der Waals surface area (Å²) in [4.78, 5) is 11.0. The maximum atomic E-state index is 12.3. The number of likely N-dealkylation sites (tertiary alicyclic amines) is 1. The molecule has 1 aliphatic heterocycles. The first kappa shape index (κ1) is 18.3. The van der Waals surface area contributed by atoms with Crippen molar-refractivity contribution in [2.45, 2.75) is 24.5 Å². The van der Waals surface area contributed by atoms with E-state index in [-0.39, 0.29) is 6.04 Å². The van der Waals surface area contributed by atoms with Crippen molar-refractivity contribution >= 4 is 15.9 Å². The Hall–Kier alpha value is -2.08. The van der Waals surface area contributed by atoms with Gasteiger partial charge in [0.05, 0.1) is 6.04 Å². The first-order chi connectivity index (χ1) is 13.2. The van der Waals surface area contributed by atoms with Crippen molar-refractivity contribution in [3.05, 3.63) is 94.5 Å². The second-order valence-electron chi connectivity index (χ2n) is 6.92. The third kappa shape index (κ3) is 3.43. The molecule has 0 spiro atoms. The zero-order chi connectivity index (χ0) is 18.7. The molecular weight excluding hydrogens is 402 g/mol. The predicted octanol–water partition coefficient (Wildman–Crippen LogP) is 4.31. The van der Waals surface area contributed by atoms with E-state index in [4.69, 9.17) is 0 Å². The van der Waals surface area contributed by atoms with E-state index in [0.717, 1.165) is 47.1 Å². The van der Waals surface area contributed by atoms with Gasteiger partial charge in [-0.2, -0.15) is 0 Å². The van der Waals surface area contributed by atoms with Crippen LogP contribution in [0.1, 0.15) is 35.6 Å². The van der Waals surface area contributed by atoms with Gasteiger partial charge in [-0.15, -0.1) is 0 Å². The average Bonchev–Trinajstić information content (AvgIpc) is 3.25. The van der Waals surface area contributed by atoms with Gasteiger partial charge in [0.25, 0.3) is 0 Å². The van der Waals surface area contributed by atoms with Crippen LogP contribution in [0.15, 0.2) is 77.8 Å². The molecule has 4 rings (SSSR count). The molecule has 0 bridgehead atoms. The molecule has 1 aromatic carbocycles. The Morgan fingerprint density at radius 3 is 2.00 bits per heavy atom. The van der Waals surface area contributed by atoms with Crippen molar-refractivity contribution in [1.29, 1.82) is 0 Å². The van der Waals surface area contributed by atoms with Gasteiger partial charge in [-0.25, -0.2) is 0 Å². The van der Waals surface area contributed by atoms with E-state index in [9.17, 15) is 5.11 Å². The quantitative estimate of drug-likeness (QED) is 0.663. The maximum Gasteiger partial charge on any atom is 0.137 e. The Balaban J connectivity index is 1.96. The molecule has 4 nitrogen and oxygen atoms in total. The second kappa shape index (κ2) is 7.89. The van der Waals surface area contributed by atoms with Crippen LogP contribution in [0.25, 0.3) is 0 Å². The van der Waals surface area contributed by atoms with Gasteiger partial charge in [-0.05, 0) is 49.7 Å². The summed E-state index contributed by atoms with van der Waals surface area (Å²) in [5, 5.41) is 12.3. The molecule has 0 saturated carbocycles. The van der Waals surface area contributed by atoms with Crippen molar-refractivity contribution in [2.75, 3.05) is 13.1 Å². The molecule has 0 amide bonds. The minimum atomic E-state index is -1.27. The van der Waals surface area contributed by atoms with Crippen LogP contribution in [0.4, 0.5) is 0 Å². The largest absolute Gasteiger partial charge is 0.378 e. The number of hydrogen-bond acceptors (Lipinski definition) is 4. The summed E-state index contributed by atoms with van der Waals surface area (Å²) >= 11 is 3.71. The van der Waals surface area contributed by atoms with Gasteiger partial charge < -0.3 is 5.11 Å². The van der Waals surface area contributed by atoms with Crippen LogP contribution in [-0.4, -0.2) is 33.1 Å². The monoisotopic (exact) mass is 423 g/mol. The molecule has 5 heteroatoms. The third-order valence-electron chi connectivity index (χ3n) is 5.30. The normalized spacial score (nSPS) is 16.4. The lowest BCUT2D eigenvalue weighted by molar-refractivity contribution is -0.0155. The standard InChI is InChI=1S/C22H22BrN3O/c23-20-10-2-1-9-19(20)21(26-13-3-4-14-26)22(27,17-7-5-11-24-15-17)18-8-6-12-25-16-18/h1-2,5-12,15-16,21,27H,3-4,13-14H2. The molecule has 1 atom stereocenters. The molecule has 1 fully saturated rings. The first-order valence-corrected chi connectivity index (χ1v) is 10.0. The molecule has 1 aliphatic rings. The van der Waals surface area contributed by atoms with Crippen LogP contribution >= 0.6 is 15.9 Å². The highest BCUT2D eigenvalue weighted by Crippen LogP contribution is 2.46. The molecule has 1 N–H and O–H groups in total. The lowest BCUT2D eigenvalue weighted by Crippen LogP contribution is -2.44. The van der Waals surface area contributed by atoms with E-state index in [1.807, 2.05) is 42.5 Å². The Bertz CT molecular complexity index is 843. The van der Waals surface area contributed by atoms with Gasteiger partial charge in [-0.3, -0.25) is 14.9 Å². The summed E-state index contributed by atoms with van der Waals surface area (Å²) in [6.45, 7) is 1.91. The SMILES string of the molecule is OC(c1cccnc1)(c1cccnc1)C(c1ccccc1Br)N1CCCC1. The highest BCUT2D eigenvalue weighted by atomic mass is 79.9. The highest BCUT2D eigenvalue weighted by Gasteiger charge is 2.46. The van der Waals surface area contributed by atoms with Gasteiger partial charge in [-0.1, -0.05) is 46.3 Å². The van der Waals surface area contributed by atoms with Crippen LogP contribution in [0.3, 0.4) is 0 Å². The van der Waals surface area contributed by atoms with Gasteiger partial charge in [0, 0.05) is 40.4 Å². The van der Waals surface area contributed by atoms with Crippen molar-refractivity contribution in [1.82, 2.24) is 14.9 Å². The van der Waals surface area contributed by atoms with E-state index < -0.39 is 5.60 Å². The summed E-state index contributed by atoms with van der Waals surface area (Å²) in [6.07, 6.45) is 9.25. The summed E-state index contributed by atoms with van der Waals surface area (Å²) < 4.78 is 0.994. The molecule has 0 aliphatic carbocycles. The van der Waals surface area contributed by atoms with Gasteiger partial charge in [0.15, 0.2) is 0 Å². The number of nitrogens with zero attached hydrogens (tertiary/aromatic N) is 3. The number of hydrogen-bond donors (Lipinski definition) is 1. The predicted molar refractivity (Wildman–Crippen MR) is 109 cm³/mol. The van der Waals surface area contributed by atoms with Gasteiger partial charge >= 0.3 is 0 Å². The number of rotatable bonds is 5. The molecule has 27 heavy (non-hydrogen) atoms. The Morgan fingerprint density at radius 1 is 0.889 bits per heavy atom. The lowest BCUT2D eigenvalue weighted by atomic mass is 9.77. The molecular formula is C22H22BrN3O. The summed E-state index contributed by atoms with van der Waals surface area (Å²) in [5.41, 5.74) is 1.34. The van der Waals surface area contributed by atoms with Crippen LogP contribution in [-0.2, 0) is 5.60 Å². The zero-order valence-electron chi connectivity index (χ0n) is 15.0. The molecule has 1 saturated heterocycles. The highest BCUT2D eigenvalue weighted by molar-refractivity contribution is 9.10. The topological polar surface area (TPSA) is 49.3 Å². The van der Waals surface area contributed by atoms with Crippen LogP contribution in [0.2, 0.25) is 0 Å². The average molecular weight is 424 g/mol. The molecule has 138 valence electrons. The summed E-state index contributed by atoms with van der Waals surface area (Å²) in [6, 6.07) is 15.5. The Kier molecular flexibility index (Phi) is 5.34. The third-order valence-corrected chi connectivity index (χ3v) is 6.03. The van der Waals surface area contributed by atoms with Crippen LogP contribution < -0.4 is 0 Å². The van der Waals surface area contributed by atoms with Crippen molar-refractivity contribution in [3.8, 4) is 0 Å². The number of aromatic nitrogens is 2. The fraction of sp³-hybridized carbons (Fsp3) is 0.273. The fourth-order valence-electron chi connectivity index (χ4n) is 4.04. The second-order valence-corrected chi connectivity index (χ2v) is 7.77. The first-order valence-electron chi connectivity index (χ1n) is 9.23. The Morgan fingerprint density at radius 2 is 1.48 bits per heavy atom. The minimum Gasteiger partial charge on any atom is -0.378 e. The van der Waals surface area contributed by atoms with E-state index in [0.29, 0.717) is 0 Å². The molecule has 1 unspecified atom stereocenters. The zero-order valence-corrected chi connectivity index (χ0v) is 16.6.